The zero-order valence-corrected chi connectivity index (χ0v) is 10.5. The molecule has 2 nitrogen and oxygen atoms in total. The standard InChI is InChI=1S/C9H9Cl2NO.BrH/c10-7-3-5-4-12-2-1-6(5)8(11)9(7)13;/h3,12-13H,1-2,4H2;1H. The fourth-order valence-electron chi connectivity index (χ4n) is 1.56. The number of hydrogen-bond acceptors (Lipinski definition) is 2. The average Bonchev–Trinajstić information content (AvgIpc) is 2.15. The van der Waals surface area contributed by atoms with E-state index in [0.717, 1.165) is 30.6 Å². The minimum atomic E-state index is 0. The number of hydrogen-bond donors (Lipinski definition) is 2. The quantitative estimate of drug-likeness (QED) is 0.772. The van der Waals surface area contributed by atoms with E-state index in [4.69, 9.17) is 23.2 Å². The van der Waals surface area contributed by atoms with Gasteiger partial charge >= 0.3 is 0 Å². The molecule has 0 fully saturated rings. The van der Waals surface area contributed by atoms with Crippen LogP contribution in [0.25, 0.3) is 0 Å². The summed E-state index contributed by atoms with van der Waals surface area (Å²) in [5.74, 6) is 0.00369. The molecule has 1 aliphatic rings. The molecule has 14 heavy (non-hydrogen) atoms. The summed E-state index contributed by atoms with van der Waals surface area (Å²) in [7, 11) is 0. The van der Waals surface area contributed by atoms with Crippen LogP contribution in [0.4, 0.5) is 0 Å². The van der Waals surface area contributed by atoms with Gasteiger partial charge in [-0.3, -0.25) is 0 Å². The van der Waals surface area contributed by atoms with E-state index >= 15 is 0 Å². The van der Waals surface area contributed by atoms with Gasteiger partial charge in [0.25, 0.3) is 0 Å². The Labute approximate surface area is 103 Å². The molecule has 0 unspecified atom stereocenters. The van der Waals surface area contributed by atoms with E-state index in [1.165, 1.54) is 0 Å². The molecule has 2 N–H and O–H groups in total. The Kier molecular flexibility index (Phi) is 4.07. The molecule has 2 rings (SSSR count). The third kappa shape index (κ3) is 2.01. The third-order valence-corrected chi connectivity index (χ3v) is 2.95. The molecule has 0 saturated carbocycles. The van der Waals surface area contributed by atoms with Gasteiger partial charge in [0, 0.05) is 6.54 Å². The minimum Gasteiger partial charge on any atom is -0.505 e. The van der Waals surface area contributed by atoms with Gasteiger partial charge in [-0.2, -0.15) is 0 Å². The molecular formula is C9H10BrCl2NO. The summed E-state index contributed by atoms with van der Waals surface area (Å²) in [4.78, 5) is 0. The molecule has 0 aromatic heterocycles. The van der Waals surface area contributed by atoms with Crippen molar-refractivity contribution in [3.8, 4) is 5.75 Å². The van der Waals surface area contributed by atoms with Crippen molar-refractivity contribution in [2.45, 2.75) is 13.0 Å². The lowest BCUT2D eigenvalue weighted by Crippen LogP contribution is -2.23. The number of phenols is 1. The van der Waals surface area contributed by atoms with Gasteiger partial charge in [-0.1, -0.05) is 23.2 Å². The van der Waals surface area contributed by atoms with E-state index in [9.17, 15) is 5.11 Å². The highest BCUT2D eigenvalue weighted by Gasteiger charge is 2.17. The highest BCUT2D eigenvalue weighted by molar-refractivity contribution is 8.93. The van der Waals surface area contributed by atoms with Crippen molar-refractivity contribution in [1.82, 2.24) is 5.32 Å². The number of rotatable bonds is 0. The van der Waals surface area contributed by atoms with Crippen LogP contribution >= 0.6 is 40.2 Å². The lowest BCUT2D eigenvalue weighted by Gasteiger charge is -2.19. The van der Waals surface area contributed by atoms with Gasteiger partial charge in [0.15, 0.2) is 5.75 Å². The Balaban J connectivity index is 0.000000980. The number of fused-ring (bicyclic) bond motifs is 1. The average molecular weight is 299 g/mol. The van der Waals surface area contributed by atoms with Crippen LogP contribution in [-0.4, -0.2) is 11.7 Å². The van der Waals surface area contributed by atoms with Crippen molar-refractivity contribution in [3.63, 3.8) is 0 Å². The molecule has 5 heteroatoms. The molecule has 1 heterocycles. The molecule has 0 spiro atoms. The first-order valence-corrected chi connectivity index (χ1v) is 4.85. The topological polar surface area (TPSA) is 32.3 Å². The molecule has 0 bridgehead atoms. The second-order valence-corrected chi connectivity index (χ2v) is 3.87. The maximum atomic E-state index is 9.48. The first-order valence-electron chi connectivity index (χ1n) is 4.09. The van der Waals surface area contributed by atoms with Crippen molar-refractivity contribution >= 4 is 40.2 Å². The van der Waals surface area contributed by atoms with Crippen LogP contribution in [0.5, 0.6) is 5.75 Å². The van der Waals surface area contributed by atoms with E-state index in [2.05, 4.69) is 5.32 Å². The van der Waals surface area contributed by atoms with Gasteiger partial charge in [-0.25, -0.2) is 0 Å². The Morgan fingerprint density at radius 1 is 1.36 bits per heavy atom. The van der Waals surface area contributed by atoms with Gasteiger partial charge < -0.3 is 10.4 Å². The number of aromatic hydroxyl groups is 1. The number of nitrogens with one attached hydrogen (secondary N) is 1. The Morgan fingerprint density at radius 2 is 2.07 bits per heavy atom. The van der Waals surface area contributed by atoms with E-state index in [1.807, 2.05) is 0 Å². The molecule has 1 aromatic carbocycles. The van der Waals surface area contributed by atoms with E-state index in [0.29, 0.717) is 10.0 Å². The summed E-state index contributed by atoms with van der Waals surface area (Å²) in [5, 5.41) is 13.4. The minimum absolute atomic E-state index is 0. The number of halogens is 3. The van der Waals surface area contributed by atoms with Crippen molar-refractivity contribution in [3.05, 3.63) is 27.2 Å². The summed E-state index contributed by atoms with van der Waals surface area (Å²) in [6, 6.07) is 1.77. The summed E-state index contributed by atoms with van der Waals surface area (Å²) in [5.41, 5.74) is 2.10. The zero-order valence-electron chi connectivity index (χ0n) is 7.31. The Bertz CT molecular complexity index is 357. The fraction of sp³-hybridized carbons (Fsp3) is 0.333. The van der Waals surface area contributed by atoms with Gasteiger partial charge in [0.2, 0.25) is 0 Å². The molecule has 1 aromatic rings. The van der Waals surface area contributed by atoms with Crippen LogP contribution in [0.3, 0.4) is 0 Å². The van der Waals surface area contributed by atoms with E-state index in [-0.39, 0.29) is 22.7 Å². The van der Waals surface area contributed by atoms with Crippen molar-refractivity contribution < 1.29 is 5.11 Å². The first kappa shape index (κ1) is 12.1. The lowest BCUT2D eigenvalue weighted by atomic mass is 10.0. The van der Waals surface area contributed by atoms with Gasteiger partial charge in [0.05, 0.1) is 10.0 Å². The summed E-state index contributed by atoms with van der Waals surface area (Å²) < 4.78 is 0. The van der Waals surface area contributed by atoms with Crippen molar-refractivity contribution in [2.24, 2.45) is 0 Å². The summed E-state index contributed by atoms with van der Waals surface area (Å²) >= 11 is 11.7. The van der Waals surface area contributed by atoms with Gasteiger partial charge in [0.1, 0.15) is 0 Å². The lowest BCUT2D eigenvalue weighted by molar-refractivity contribution is 0.473. The largest absolute Gasteiger partial charge is 0.505 e. The van der Waals surface area contributed by atoms with Gasteiger partial charge in [-0.15, -0.1) is 17.0 Å². The highest BCUT2D eigenvalue weighted by Crippen LogP contribution is 2.37. The third-order valence-electron chi connectivity index (χ3n) is 2.25. The molecule has 1 aliphatic heterocycles. The number of phenolic OH excluding ortho intramolecular Hbond substituents is 1. The van der Waals surface area contributed by atoms with Crippen LogP contribution in [0.2, 0.25) is 10.0 Å². The fourth-order valence-corrected chi connectivity index (χ4v) is 2.15. The molecule has 0 aliphatic carbocycles. The van der Waals surface area contributed by atoms with Crippen LogP contribution in [0.15, 0.2) is 6.07 Å². The summed E-state index contributed by atoms with van der Waals surface area (Å²) in [6.07, 6.45) is 0.846. The normalized spacial score (nSPS) is 14.4. The Hall–Kier alpha value is 0.0400. The zero-order chi connectivity index (χ0) is 9.42. The molecule has 0 amide bonds. The SMILES string of the molecule is Br.Oc1c(Cl)cc2c(c1Cl)CCNC2. The maximum absolute atomic E-state index is 9.48. The predicted molar refractivity (Wildman–Crippen MR) is 63.9 cm³/mol. The molecule has 0 radical (unpaired) electrons. The summed E-state index contributed by atoms with van der Waals surface area (Å²) in [6.45, 7) is 1.67. The second kappa shape index (κ2) is 4.71. The van der Waals surface area contributed by atoms with Crippen LogP contribution in [-0.2, 0) is 13.0 Å². The van der Waals surface area contributed by atoms with Crippen LogP contribution in [0, 0.1) is 0 Å². The maximum Gasteiger partial charge on any atom is 0.153 e. The monoisotopic (exact) mass is 297 g/mol. The van der Waals surface area contributed by atoms with Gasteiger partial charge in [-0.05, 0) is 30.2 Å². The van der Waals surface area contributed by atoms with Crippen LogP contribution < -0.4 is 5.32 Å². The van der Waals surface area contributed by atoms with E-state index < -0.39 is 0 Å². The second-order valence-electron chi connectivity index (χ2n) is 3.09. The van der Waals surface area contributed by atoms with Crippen molar-refractivity contribution in [1.29, 1.82) is 0 Å². The highest BCUT2D eigenvalue weighted by atomic mass is 79.9. The first-order chi connectivity index (χ1) is 6.20. The molecule has 0 atom stereocenters. The van der Waals surface area contributed by atoms with Crippen molar-refractivity contribution in [2.75, 3.05) is 6.54 Å². The van der Waals surface area contributed by atoms with Crippen LogP contribution in [0.1, 0.15) is 11.1 Å². The number of benzene rings is 1. The predicted octanol–water partition coefficient (Wildman–Crippen LogP) is 2.92. The van der Waals surface area contributed by atoms with E-state index in [1.54, 1.807) is 6.07 Å². The molecular weight excluding hydrogens is 289 g/mol. The smallest absolute Gasteiger partial charge is 0.153 e. The Morgan fingerprint density at radius 3 is 2.79 bits per heavy atom. The molecule has 78 valence electrons. The molecule has 0 saturated heterocycles.